The highest BCUT2D eigenvalue weighted by molar-refractivity contribution is 5.98. The molecule has 2 aliphatic rings. The minimum atomic E-state index is -0.532. The van der Waals surface area contributed by atoms with Crippen LogP contribution in [0.5, 0.6) is 11.5 Å². The third-order valence-corrected chi connectivity index (χ3v) is 5.04. The van der Waals surface area contributed by atoms with Crippen molar-refractivity contribution in [1.29, 1.82) is 0 Å². The maximum absolute atomic E-state index is 12.8. The molecule has 8 nitrogen and oxygen atoms in total. The van der Waals surface area contributed by atoms with Crippen LogP contribution in [-0.4, -0.2) is 69.6 Å². The van der Waals surface area contributed by atoms with E-state index in [9.17, 15) is 9.59 Å². The third kappa shape index (κ3) is 4.17. The molecule has 0 aliphatic carbocycles. The predicted octanol–water partition coefficient (Wildman–Crippen LogP) is 1.42. The normalized spacial score (nSPS) is 18.4. The van der Waals surface area contributed by atoms with Crippen LogP contribution in [0.25, 0.3) is 0 Å². The Balaban J connectivity index is 1.70. The summed E-state index contributed by atoms with van der Waals surface area (Å²) in [5, 5.41) is 0. The third-order valence-electron chi connectivity index (χ3n) is 5.04. The molecule has 0 atom stereocenters. The van der Waals surface area contributed by atoms with Gasteiger partial charge in [-0.3, -0.25) is 14.5 Å². The number of nitrogens with zero attached hydrogens (tertiary/aromatic N) is 2. The van der Waals surface area contributed by atoms with E-state index in [2.05, 4.69) is 0 Å². The molecule has 2 heterocycles. The van der Waals surface area contributed by atoms with E-state index in [-0.39, 0.29) is 18.4 Å². The van der Waals surface area contributed by atoms with Crippen molar-refractivity contribution in [3.05, 3.63) is 18.2 Å². The maximum atomic E-state index is 12.8. The van der Waals surface area contributed by atoms with Crippen LogP contribution >= 0.6 is 0 Å². The van der Waals surface area contributed by atoms with Gasteiger partial charge < -0.3 is 23.8 Å². The Bertz CT molecular complexity index is 691. The summed E-state index contributed by atoms with van der Waals surface area (Å²) in [6.07, 6.45) is 1.29. The molecule has 27 heavy (non-hydrogen) atoms. The quantitative estimate of drug-likeness (QED) is 0.771. The Kier molecular flexibility index (Phi) is 5.86. The van der Waals surface area contributed by atoms with Crippen LogP contribution in [0.1, 0.15) is 19.8 Å². The van der Waals surface area contributed by atoms with E-state index < -0.39 is 5.79 Å². The minimum Gasteiger partial charge on any atom is -0.497 e. The average Bonchev–Trinajstić information content (AvgIpc) is 3.13. The minimum absolute atomic E-state index is 0.0489. The summed E-state index contributed by atoms with van der Waals surface area (Å²) in [7, 11) is 3.08. The molecule has 0 radical (unpaired) electrons. The van der Waals surface area contributed by atoms with Crippen LogP contribution < -0.4 is 14.4 Å². The van der Waals surface area contributed by atoms with Crippen molar-refractivity contribution in [3.63, 3.8) is 0 Å². The molecule has 148 valence electrons. The lowest BCUT2D eigenvalue weighted by Gasteiger charge is -2.38. The number of anilines is 1. The van der Waals surface area contributed by atoms with Crippen LogP contribution in [0.3, 0.4) is 0 Å². The fourth-order valence-electron chi connectivity index (χ4n) is 3.49. The van der Waals surface area contributed by atoms with Gasteiger partial charge in [-0.15, -0.1) is 0 Å². The lowest BCUT2D eigenvalue weighted by molar-refractivity contribution is -0.187. The maximum Gasteiger partial charge on any atom is 0.242 e. The first-order valence-corrected chi connectivity index (χ1v) is 9.04. The van der Waals surface area contributed by atoms with Gasteiger partial charge in [0.1, 0.15) is 18.0 Å². The van der Waals surface area contributed by atoms with Gasteiger partial charge in [0.25, 0.3) is 0 Å². The first-order valence-electron chi connectivity index (χ1n) is 9.04. The molecular weight excluding hydrogens is 352 g/mol. The van der Waals surface area contributed by atoms with Crippen LogP contribution in [0, 0.1) is 0 Å². The number of piperidine rings is 1. The van der Waals surface area contributed by atoms with Gasteiger partial charge in [0.05, 0.1) is 33.1 Å². The van der Waals surface area contributed by atoms with Gasteiger partial charge in [-0.2, -0.15) is 0 Å². The van der Waals surface area contributed by atoms with Crippen LogP contribution in [0.4, 0.5) is 5.69 Å². The van der Waals surface area contributed by atoms with Gasteiger partial charge in [-0.05, 0) is 12.1 Å². The smallest absolute Gasteiger partial charge is 0.242 e. The first kappa shape index (κ1) is 19.4. The Morgan fingerprint density at radius 1 is 1.15 bits per heavy atom. The topological polar surface area (TPSA) is 77.5 Å². The zero-order valence-corrected chi connectivity index (χ0v) is 16.0. The number of methoxy groups -OCH3 is 2. The molecule has 0 unspecified atom stereocenters. The molecule has 0 bridgehead atoms. The molecule has 1 aromatic rings. The van der Waals surface area contributed by atoms with Gasteiger partial charge in [-0.25, -0.2) is 0 Å². The summed E-state index contributed by atoms with van der Waals surface area (Å²) < 4.78 is 22.0. The van der Waals surface area contributed by atoms with E-state index in [1.165, 1.54) is 18.9 Å². The van der Waals surface area contributed by atoms with Crippen molar-refractivity contribution < 1.29 is 28.5 Å². The van der Waals surface area contributed by atoms with Crippen molar-refractivity contribution >= 4 is 17.5 Å². The van der Waals surface area contributed by atoms with Gasteiger partial charge in [0.2, 0.25) is 11.8 Å². The molecule has 3 rings (SSSR count). The molecule has 2 amide bonds. The summed E-state index contributed by atoms with van der Waals surface area (Å²) >= 11 is 0. The summed E-state index contributed by atoms with van der Waals surface area (Å²) in [4.78, 5) is 28.2. The summed E-state index contributed by atoms with van der Waals surface area (Å²) in [6.45, 7) is 3.68. The number of ether oxygens (including phenoxy) is 4. The van der Waals surface area contributed by atoms with E-state index in [0.29, 0.717) is 56.3 Å². The molecule has 2 saturated heterocycles. The lowest BCUT2D eigenvalue weighted by atomic mass is 10.0. The lowest BCUT2D eigenvalue weighted by Crippen LogP contribution is -2.50. The molecule has 1 spiro atoms. The number of benzene rings is 1. The second-order valence-corrected chi connectivity index (χ2v) is 6.63. The summed E-state index contributed by atoms with van der Waals surface area (Å²) in [6, 6.07) is 5.14. The monoisotopic (exact) mass is 378 g/mol. The average molecular weight is 378 g/mol. The van der Waals surface area contributed by atoms with E-state index >= 15 is 0 Å². The van der Waals surface area contributed by atoms with E-state index in [0.717, 1.165) is 0 Å². The second kappa shape index (κ2) is 8.14. The first-order chi connectivity index (χ1) is 13.0. The van der Waals surface area contributed by atoms with Crippen molar-refractivity contribution in [1.82, 2.24) is 4.90 Å². The van der Waals surface area contributed by atoms with Crippen molar-refractivity contribution in [2.75, 3.05) is 52.0 Å². The SMILES string of the molecule is COc1ccc(N(CC(=O)N2CCC3(CC2)OCCO3)C(C)=O)c(OC)c1. The number of hydrogen-bond acceptors (Lipinski definition) is 6. The largest absolute Gasteiger partial charge is 0.497 e. The van der Waals surface area contributed by atoms with Gasteiger partial charge in [0, 0.05) is 38.9 Å². The van der Waals surface area contributed by atoms with Gasteiger partial charge in [-0.1, -0.05) is 0 Å². The highest BCUT2D eigenvalue weighted by Crippen LogP contribution is 2.33. The second-order valence-electron chi connectivity index (χ2n) is 6.63. The molecular formula is C19H26N2O6. The zero-order chi connectivity index (χ0) is 19.4. The van der Waals surface area contributed by atoms with Crippen LogP contribution in [-0.2, 0) is 19.1 Å². The summed E-state index contributed by atoms with van der Waals surface area (Å²) in [5.41, 5.74) is 0.537. The van der Waals surface area contributed by atoms with Gasteiger partial charge >= 0.3 is 0 Å². The highest BCUT2D eigenvalue weighted by Gasteiger charge is 2.41. The van der Waals surface area contributed by atoms with Crippen molar-refractivity contribution in [2.45, 2.75) is 25.6 Å². The Morgan fingerprint density at radius 3 is 2.37 bits per heavy atom. The molecule has 0 N–H and O–H groups in total. The molecule has 1 aromatic carbocycles. The Morgan fingerprint density at radius 2 is 1.81 bits per heavy atom. The fourth-order valence-corrected chi connectivity index (χ4v) is 3.49. The van der Waals surface area contributed by atoms with E-state index in [1.54, 1.807) is 30.2 Å². The molecule has 2 aliphatic heterocycles. The van der Waals surface area contributed by atoms with Crippen molar-refractivity contribution in [3.8, 4) is 11.5 Å². The number of likely N-dealkylation sites (tertiary alicyclic amines) is 1. The summed E-state index contributed by atoms with van der Waals surface area (Å²) in [5.74, 6) is 0.209. The fraction of sp³-hybridized carbons (Fsp3) is 0.579. The molecule has 0 saturated carbocycles. The molecule has 2 fully saturated rings. The standard InChI is InChI=1S/C19H26N2O6/c1-14(22)21(16-5-4-15(24-2)12-17(16)25-3)13-18(23)20-8-6-19(7-9-20)26-10-11-27-19/h4-5,12H,6-11,13H2,1-3H3. The number of carbonyl (C=O) groups excluding carboxylic acids is 2. The number of rotatable bonds is 5. The number of amides is 2. The Labute approximate surface area is 158 Å². The van der Waals surface area contributed by atoms with Gasteiger partial charge in [0.15, 0.2) is 5.79 Å². The zero-order valence-electron chi connectivity index (χ0n) is 16.0. The van der Waals surface area contributed by atoms with Crippen LogP contribution in [0.2, 0.25) is 0 Å². The van der Waals surface area contributed by atoms with Crippen LogP contribution in [0.15, 0.2) is 18.2 Å². The number of hydrogen-bond donors (Lipinski definition) is 0. The predicted molar refractivity (Wildman–Crippen MR) is 98.0 cm³/mol. The van der Waals surface area contributed by atoms with Crippen molar-refractivity contribution in [2.24, 2.45) is 0 Å². The molecule has 8 heteroatoms. The van der Waals surface area contributed by atoms with E-state index in [4.69, 9.17) is 18.9 Å². The number of carbonyl (C=O) groups is 2. The van der Waals surface area contributed by atoms with E-state index in [1.807, 2.05) is 0 Å². The highest BCUT2D eigenvalue weighted by atomic mass is 16.7. The Hall–Kier alpha value is -2.32. The molecule has 0 aromatic heterocycles.